The van der Waals surface area contributed by atoms with Gasteiger partial charge in [-0.15, -0.1) is 0 Å². The Bertz CT molecular complexity index is 762. The first-order valence-corrected chi connectivity index (χ1v) is 7.87. The van der Waals surface area contributed by atoms with Gasteiger partial charge in [-0.05, 0) is 11.6 Å². The molecule has 130 valence electrons. The largest absolute Gasteiger partial charge is 0.472 e. The Hall–Kier alpha value is -3.16. The minimum absolute atomic E-state index is 0.00238. The molecule has 3 rings (SSSR count). The molecule has 0 saturated carbocycles. The highest BCUT2D eigenvalue weighted by atomic mass is 16.6. The van der Waals surface area contributed by atoms with E-state index in [0.717, 1.165) is 5.56 Å². The topological polar surface area (TPSA) is 96.9 Å². The Morgan fingerprint density at radius 2 is 1.68 bits per heavy atom. The molecule has 1 aliphatic rings. The Morgan fingerprint density at radius 1 is 1.04 bits per heavy atom. The summed E-state index contributed by atoms with van der Waals surface area (Å²) in [7, 11) is 0. The summed E-state index contributed by atoms with van der Waals surface area (Å²) in [6.07, 6.45) is 3.05. The minimum Gasteiger partial charge on any atom is -0.472 e. The van der Waals surface area contributed by atoms with Crippen LogP contribution in [0.15, 0.2) is 47.3 Å². The first-order valence-electron chi connectivity index (χ1n) is 7.87. The number of hydrogen-bond acceptors (Lipinski definition) is 5. The Morgan fingerprint density at radius 3 is 2.24 bits per heavy atom. The van der Waals surface area contributed by atoms with Gasteiger partial charge in [-0.1, -0.05) is 12.1 Å². The SMILES string of the molecule is O=C(Cc1ccc([N+](=O)[O-])cc1)N1CCN(C(=O)c2ccoc2)CC1. The number of furan rings is 1. The summed E-state index contributed by atoms with van der Waals surface area (Å²) in [5.74, 6) is -0.152. The van der Waals surface area contributed by atoms with Crippen LogP contribution in [0, 0.1) is 10.1 Å². The van der Waals surface area contributed by atoms with E-state index in [1.165, 1.54) is 24.7 Å². The zero-order valence-electron chi connectivity index (χ0n) is 13.5. The summed E-state index contributed by atoms with van der Waals surface area (Å²) in [4.78, 5) is 38.2. The fourth-order valence-electron chi connectivity index (χ4n) is 2.75. The second kappa shape index (κ2) is 7.16. The van der Waals surface area contributed by atoms with Crippen LogP contribution in [0.2, 0.25) is 0 Å². The molecule has 2 amide bonds. The van der Waals surface area contributed by atoms with Crippen LogP contribution in [-0.2, 0) is 11.2 Å². The van der Waals surface area contributed by atoms with E-state index >= 15 is 0 Å². The highest BCUT2D eigenvalue weighted by Gasteiger charge is 2.25. The van der Waals surface area contributed by atoms with Crippen LogP contribution >= 0.6 is 0 Å². The van der Waals surface area contributed by atoms with Crippen LogP contribution in [-0.4, -0.2) is 52.7 Å². The molecular formula is C17H17N3O5. The van der Waals surface area contributed by atoms with Crippen molar-refractivity contribution in [2.24, 2.45) is 0 Å². The zero-order chi connectivity index (χ0) is 17.8. The van der Waals surface area contributed by atoms with Gasteiger partial charge < -0.3 is 14.2 Å². The smallest absolute Gasteiger partial charge is 0.269 e. The number of benzene rings is 1. The van der Waals surface area contributed by atoms with Crippen molar-refractivity contribution in [3.63, 3.8) is 0 Å². The molecule has 2 aromatic rings. The van der Waals surface area contributed by atoms with E-state index in [2.05, 4.69) is 0 Å². The first kappa shape index (κ1) is 16.7. The second-order valence-electron chi connectivity index (χ2n) is 5.79. The molecule has 0 radical (unpaired) electrons. The van der Waals surface area contributed by atoms with Crippen LogP contribution < -0.4 is 0 Å². The Kier molecular flexibility index (Phi) is 4.78. The number of rotatable bonds is 4. The summed E-state index contributed by atoms with van der Waals surface area (Å²) in [5.41, 5.74) is 1.24. The van der Waals surface area contributed by atoms with Crippen molar-refractivity contribution in [2.75, 3.05) is 26.2 Å². The van der Waals surface area contributed by atoms with E-state index < -0.39 is 4.92 Å². The summed E-state index contributed by atoms with van der Waals surface area (Å²) in [5, 5.41) is 10.6. The van der Waals surface area contributed by atoms with Gasteiger partial charge >= 0.3 is 0 Å². The van der Waals surface area contributed by atoms with Crippen LogP contribution in [0.1, 0.15) is 15.9 Å². The quantitative estimate of drug-likeness (QED) is 0.622. The molecule has 1 aromatic heterocycles. The average molecular weight is 343 g/mol. The van der Waals surface area contributed by atoms with Crippen molar-refractivity contribution in [1.29, 1.82) is 0 Å². The zero-order valence-corrected chi connectivity index (χ0v) is 13.5. The van der Waals surface area contributed by atoms with Gasteiger partial charge in [0.25, 0.3) is 11.6 Å². The molecule has 8 nitrogen and oxygen atoms in total. The van der Waals surface area contributed by atoms with Gasteiger partial charge in [-0.3, -0.25) is 19.7 Å². The highest BCUT2D eigenvalue weighted by Crippen LogP contribution is 2.14. The third-order valence-corrected chi connectivity index (χ3v) is 4.19. The lowest BCUT2D eigenvalue weighted by atomic mass is 10.1. The van der Waals surface area contributed by atoms with Crippen LogP contribution in [0.5, 0.6) is 0 Å². The molecule has 25 heavy (non-hydrogen) atoms. The molecule has 0 atom stereocenters. The summed E-state index contributed by atoms with van der Waals surface area (Å²) in [6.45, 7) is 1.87. The van der Waals surface area contributed by atoms with Crippen molar-refractivity contribution in [2.45, 2.75) is 6.42 Å². The fraction of sp³-hybridized carbons (Fsp3) is 0.294. The van der Waals surface area contributed by atoms with Gasteiger partial charge in [0, 0.05) is 38.3 Å². The maximum Gasteiger partial charge on any atom is 0.269 e. The van der Waals surface area contributed by atoms with Crippen LogP contribution in [0.3, 0.4) is 0 Å². The number of amides is 2. The minimum atomic E-state index is -0.470. The molecule has 1 fully saturated rings. The maximum absolute atomic E-state index is 12.4. The van der Waals surface area contributed by atoms with E-state index in [0.29, 0.717) is 31.7 Å². The predicted octanol–water partition coefficient (Wildman–Crippen LogP) is 1.71. The number of non-ortho nitro benzene ring substituents is 1. The number of piperazine rings is 1. The molecule has 1 aromatic carbocycles. The third-order valence-electron chi connectivity index (χ3n) is 4.19. The Balaban J connectivity index is 1.53. The highest BCUT2D eigenvalue weighted by molar-refractivity contribution is 5.94. The normalized spacial score (nSPS) is 14.4. The van der Waals surface area contributed by atoms with Gasteiger partial charge in [0.05, 0.1) is 23.2 Å². The first-order chi connectivity index (χ1) is 12.0. The number of hydrogen-bond donors (Lipinski definition) is 0. The van der Waals surface area contributed by atoms with Crippen molar-refractivity contribution in [1.82, 2.24) is 9.80 Å². The fourth-order valence-corrected chi connectivity index (χ4v) is 2.75. The van der Waals surface area contributed by atoms with Gasteiger partial charge in [0.1, 0.15) is 6.26 Å². The molecule has 0 bridgehead atoms. The van der Waals surface area contributed by atoms with Crippen LogP contribution in [0.25, 0.3) is 0 Å². The van der Waals surface area contributed by atoms with E-state index in [-0.39, 0.29) is 23.9 Å². The van der Waals surface area contributed by atoms with E-state index in [9.17, 15) is 19.7 Å². The number of nitro benzene ring substituents is 1. The molecule has 0 spiro atoms. The summed E-state index contributed by atoms with van der Waals surface area (Å²) >= 11 is 0. The van der Waals surface area contributed by atoms with Gasteiger partial charge in [0.2, 0.25) is 5.91 Å². The Labute approximate surface area is 143 Å². The monoisotopic (exact) mass is 343 g/mol. The van der Waals surface area contributed by atoms with Gasteiger partial charge in [0.15, 0.2) is 0 Å². The summed E-state index contributed by atoms with van der Waals surface area (Å²) < 4.78 is 4.92. The molecule has 8 heteroatoms. The lowest BCUT2D eigenvalue weighted by Gasteiger charge is -2.34. The van der Waals surface area contributed by atoms with E-state index in [1.54, 1.807) is 28.0 Å². The lowest BCUT2D eigenvalue weighted by molar-refractivity contribution is -0.384. The third kappa shape index (κ3) is 3.85. The number of nitro groups is 1. The van der Waals surface area contributed by atoms with Crippen molar-refractivity contribution >= 4 is 17.5 Å². The number of carbonyl (C=O) groups is 2. The molecule has 1 aliphatic heterocycles. The van der Waals surface area contributed by atoms with Gasteiger partial charge in [-0.2, -0.15) is 0 Å². The molecular weight excluding hydrogens is 326 g/mol. The predicted molar refractivity (Wildman–Crippen MR) is 88.0 cm³/mol. The molecule has 0 aliphatic carbocycles. The maximum atomic E-state index is 12.4. The van der Waals surface area contributed by atoms with Crippen LogP contribution in [0.4, 0.5) is 5.69 Å². The summed E-state index contributed by atoms with van der Waals surface area (Å²) in [6, 6.07) is 7.59. The molecule has 2 heterocycles. The second-order valence-corrected chi connectivity index (χ2v) is 5.79. The van der Waals surface area contributed by atoms with E-state index in [4.69, 9.17) is 4.42 Å². The van der Waals surface area contributed by atoms with E-state index in [1.807, 2.05) is 0 Å². The molecule has 1 saturated heterocycles. The van der Waals surface area contributed by atoms with Gasteiger partial charge in [-0.25, -0.2) is 0 Å². The number of carbonyl (C=O) groups excluding carboxylic acids is 2. The molecule has 0 N–H and O–H groups in total. The average Bonchev–Trinajstić information content (AvgIpc) is 3.16. The molecule has 0 unspecified atom stereocenters. The van der Waals surface area contributed by atoms with Crippen molar-refractivity contribution in [3.05, 3.63) is 64.1 Å². The lowest BCUT2D eigenvalue weighted by Crippen LogP contribution is -2.50. The number of nitrogens with zero attached hydrogens (tertiary/aromatic N) is 3. The van der Waals surface area contributed by atoms with Crippen molar-refractivity contribution in [3.8, 4) is 0 Å². The van der Waals surface area contributed by atoms with Crippen molar-refractivity contribution < 1.29 is 18.9 Å². The standard InChI is InChI=1S/C17H17N3O5/c21-16(11-13-1-3-15(4-2-13)20(23)24)18-6-8-19(9-7-18)17(22)14-5-10-25-12-14/h1-5,10,12H,6-9,11H2.